The van der Waals surface area contributed by atoms with E-state index in [2.05, 4.69) is 9.71 Å². The number of rotatable bonds is 8. The van der Waals surface area contributed by atoms with Crippen LogP contribution < -0.4 is 16.2 Å². The third-order valence-corrected chi connectivity index (χ3v) is 5.63. The Bertz CT molecular complexity index is 771. The molecule has 1 amide bonds. The number of benzene rings is 1. The molecule has 1 heterocycles. The number of hydrogen-bond acceptors (Lipinski definition) is 5. The van der Waals surface area contributed by atoms with Gasteiger partial charge < -0.3 is 21.1 Å². The molecule has 1 aliphatic rings. The van der Waals surface area contributed by atoms with E-state index in [4.69, 9.17) is 16.2 Å². The molecular weight excluding hydrogens is 370 g/mol. The number of carbonyl (C=O) groups excluding carboxylic acids is 1. The molecule has 0 saturated carbocycles. The van der Waals surface area contributed by atoms with Crippen LogP contribution in [0.4, 0.5) is 0 Å². The van der Waals surface area contributed by atoms with E-state index in [0.717, 1.165) is 5.56 Å². The number of carbonyl (C=O) groups is 1. The summed E-state index contributed by atoms with van der Waals surface area (Å²) in [6.07, 6.45) is 0.757. The maximum absolute atomic E-state index is 12.9. The van der Waals surface area contributed by atoms with Gasteiger partial charge in [-0.3, -0.25) is 9.79 Å². The van der Waals surface area contributed by atoms with E-state index >= 15 is 0 Å². The molecule has 0 bridgehead atoms. The Morgan fingerprint density at radius 2 is 2.04 bits per heavy atom. The van der Waals surface area contributed by atoms with E-state index in [0.29, 0.717) is 39.3 Å². The van der Waals surface area contributed by atoms with Crippen LogP contribution in [0.2, 0.25) is 0 Å². The molecule has 0 unspecified atom stereocenters. The van der Waals surface area contributed by atoms with Gasteiger partial charge in [-0.15, -0.1) is 0 Å². The van der Waals surface area contributed by atoms with Crippen LogP contribution in [0.3, 0.4) is 0 Å². The van der Waals surface area contributed by atoms with E-state index in [1.165, 1.54) is 6.07 Å². The first-order valence-electron chi connectivity index (χ1n) is 8.80. The summed E-state index contributed by atoms with van der Waals surface area (Å²) >= 11 is 0. The number of sulfonamides is 1. The lowest BCUT2D eigenvalue weighted by atomic mass is 10.1. The Kier molecular flexibility index (Phi) is 7.57. The molecule has 0 aromatic heterocycles. The van der Waals surface area contributed by atoms with Gasteiger partial charge >= 0.3 is 0 Å². The maximum Gasteiger partial charge on any atom is 0.241 e. The molecule has 9 nitrogen and oxygen atoms in total. The Balaban J connectivity index is 2.14. The Hall–Kier alpha value is -2.17. The minimum Gasteiger partial charge on any atom is -0.378 e. The molecule has 10 heteroatoms. The average molecular weight is 398 g/mol. The summed E-state index contributed by atoms with van der Waals surface area (Å²) in [5.74, 6) is -0.300. The molecule has 150 valence electrons. The van der Waals surface area contributed by atoms with Gasteiger partial charge in [-0.1, -0.05) is 12.1 Å². The fourth-order valence-electron chi connectivity index (χ4n) is 2.78. The van der Waals surface area contributed by atoms with Crippen LogP contribution in [0.15, 0.2) is 34.2 Å². The quantitative estimate of drug-likeness (QED) is 0.308. The first kappa shape index (κ1) is 21.1. The van der Waals surface area contributed by atoms with Crippen molar-refractivity contribution in [2.75, 3.05) is 32.8 Å². The first-order chi connectivity index (χ1) is 12.8. The summed E-state index contributed by atoms with van der Waals surface area (Å²) in [6.45, 7) is 3.89. The highest BCUT2D eigenvalue weighted by Crippen LogP contribution is 2.14. The van der Waals surface area contributed by atoms with E-state index in [1.807, 2.05) is 13.0 Å². The Morgan fingerprint density at radius 3 is 2.67 bits per heavy atom. The van der Waals surface area contributed by atoms with Crippen molar-refractivity contribution in [3.05, 3.63) is 29.8 Å². The fraction of sp³-hybridized carbons (Fsp3) is 0.529. The van der Waals surface area contributed by atoms with Crippen molar-refractivity contribution in [3.8, 4) is 0 Å². The van der Waals surface area contributed by atoms with Crippen molar-refractivity contribution in [2.24, 2.45) is 16.5 Å². The lowest BCUT2D eigenvalue weighted by molar-refractivity contribution is -0.137. The number of nitrogens with one attached hydrogen (secondary N) is 1. The van der Waals surface area contributed by atoms with Crippen molar-refractivity contribution >= 4 is 21.9 Å². The lowest BCUT2D eigenvalue weighted by Crippen LogP contribution is -2.51. The van der Waals surface area contributed by atoms with Crippen molar-refractivity contribution < 1.29 is 17.9 Å². The largest absolute Gasteiger partial charge is 0.378 e. The topological polar surface area (TPSA) is 140 Å². The maximum atomic E-state index is 12.9. The summed E-state index contributed by atoms with van der Waals surface area (Å²) in [6, 6.07) is 5.66. The second-order valence-corrected chi connectivity index (χ2v) is 8.09. The predicted molar refractivity (Wildman–Crippen MR) is 103 cm³/mol. The number of guanidine groups is 1. The van der Waals surface area contributed by atoms with E-state index in [-0.39, 0.29) is 23.2 Å². The third kappa shape index (κ3) is 6.49. The molecule has 1 atom stereocenters. The van der Waals surface area contributed by atoms with Crippen molar-refractivity contribution in [1.82, 2.24) is 9.62 Å². The summed E-state index contributed by atoms with van der Waals surface area (Å²) in [4.78, 5) is 18.5. The zero-order valence-electron chi connectivity index (χ0n) is 15.4. The van der Waals surface area contributed by atoms with Gasteiger partial charge in [-0.05, 0) is 37.5 Å². The molecule has 27 heavy (non-hydrogen) atoms. The molecule has 0 spiro atoms. The van der Waals surface area contributed by atoms with E-state index < -0.39 is 16.1 Å². The highest BCUT2D eigenvalue weighted by Gasteiger charge is 2.29. The van der Waals surface area contributed by atoms with Crippen LogP contribution in [0, 0.1) is 6.92 Å². The minimum atomic E-state index is -3.83. The highest BCUT2D eigenvalue weighted by molar-refractivity contribution is 7.89. The molecule has 5 N–H and O–H groups in total. The number of hydrogen-bond donors (Lipinski definition) is 3. The third-order valence-electron chi connectivity index (χ3n) is 4.16. The van der Waals surface area contributed by atoms with Gasteiger partial charge in [0.25, 0.3) is 0 Å². The lowest BCUT2D eigenvalue weighted by Gasteiger charge is -2.30. The van der Waals surface area contributed by atoms with Gasteiger partial charge in [0, 0.05) is 19.6 Å². The van der Waals surface area contributed by atoms with Gasteiger partial charge in [0.1, 0.15) is 6.04 Å². The van der Waals surface area contributed by atoms with Crippen LogP contribution >= 0.6 is 0 Å². The van der Waals surface area contributed by atoms with Crippen LogP contribution in [0.5, 0.6) is 0 Å². The van der Waals surface area contributed by atoms with Crippen LogP contribution in [0.1, 0.15) is 18.4 Å². The number of aryl methyl sites for hydroxylation is 1. The van der Waals surface area contributed by atoms with Gasteiger partial charge in [0.15, 0.2) is 5.96 Å². The summed E-state index contributed by atoms with van der Waals surface area (Å²) in [5, 5.41) is 0. The van der Waals surface area contributed by atoms with Gasteiger partial charge in [-0.25, -0.2) is 8.42 Å². The summed E-state index contributed by atoms with van der Waals surface area (Å²) in [7, 11) is -3.83. The van der Waals surface area contributed by atoms with Gasteiger partial charge in [0.2, 0.25) is 15.9 Å². The molecule has 1 aliphatic heterocycles. The normalized spacial score (nSPS) is 16.0. The SMILES string of the molecule is Cc1cccc(S(=O)(=O)N[C@@H](CCCN=C(N)N)C(=O)N2CCOCC2)c1. The van der Waals surface area contributed by atoms with Crippen LogP contribution in [0.25, 0.3) is 0 Å². The minimum absolute atomic E-state index is 0.0357. The predicted octanol–water partition coefficient (Wildman–Crippen LogP) is -0.446. The Labute approximate surface area is 159 Å². The summed E-state index contributed by atoms with van der Waals surface area (Å²) in [5.41, 5.74) is 11.4. The highest BCUT2D eigenvalue weighted by atomic mass is 32.2. The number of nitrogens with two attached hydrogens (primary N) is 2. The van der Waals surface area contributed by atoms with Crippen molar-refractivity contribution in [1.29, 1.82) is 0 Å². The number of ether oxygens (including phenoxy) is 1. The van der Waals surface area contributed by atoms with E-state index in [9.17, 15) is 13.2 Å². The van der Waals surface area contributed by atoms with E-state index in [1.54, 1.807) is 17.0 Å². The zero-order chi connectivity index (χ0) is 19.9. The molecule has 1 fully saturated rings. The first-order valence-corrected chi connectivity index (χ1v) is 10.3. The zero-order valence-corrected chi connectivity index (χ0v) is 16.2. The smallest absolute Gasteiger partial charge is 0.241 e. The fourth-order valence-corrected chi connectivity index (χ4v) is 4.11. The number of morpholine rings is 1. The molecule has 0 radical (unpaired) electrons. The Morgan fingerprint density at radius 1 is 1.33 bits per heavy atom. The van der Waals surface area contributed by atoms with Gasteiger partial charge in [-0.2, -0.15) is 4.72 Å². The molecule has 1 aromatic rings. The van der Waals surface area contributed by atoms with Gasteiger partial charge in [0.05, 0.1) is 18.1 Å². The molecule has 2 rings (SSSR count). The molecular formula is C17H27N5O4S. The number of amides is 1. The van der Waals surface area contributed by atoms with Crippen molar-refractivity contribution in [2.45, 2.75) is 30.7 Å². The molecule has 0 aliphatic carbocycles. The van der Waals surface area contributed by atoms with Crippen molar-refractivity contribution in [3.63, 3.8) is 0 Å². The molecule has 1 aromatic carbocycles. The standard InChI is InChI=1S/C17H27N5O4S/c1-13-4-2-5-14(12-13)27(24,25)21-15(6-3-7-20-17(18)19)16(23)22-8-10-26-11-9-22/h2,4-5,12,15,21H,3,6-11H2,1H3,(H4,18,19,20)/t15-/m0/s1. The summed E-state index contributed by atoms with van der Waals surface area (Å²) < 4.78 is 33.3. The molecule has 1 saturated heterocycles. The van der Waals surface area contributed by atoms with Crippen LogP contribution in [-0.4, -0.2) is 64.1 Å². The average Bonchev–Trinajstić information content (AvgIpc) is 2.64. The number of nitrogens with zero attached hydrogens (tertiary/aromatic N) is 2. The monoisotopic (exact) mass is 397 g/mol. The second kappa shape index (κ2) is 9.67. The second-order valence-electron chi connectivity index (χ2n) is 6.38. The number of aliphatic imine (C=N–C) groups is 1. The van der Waals surface area contributed by atoms with Crippen LogP contribution in [-0.2, 0) is 19.6 Å².